The van der Waals surface area contributed by atoms with Gasteiger partial charge in [-0.15, -0.1) is 5.06 Å². The van der Waals surface area contributed by atoms with E-state index in [1.54, 1.807) is 17.2 Å². The topological polar surface area (TPSA) is 137 Å². The number of amides is 2. The minimum absolute atomic E-state index is 0.328. The van der Waals surface area contributed by atoms with E-state index in [0.29, 0.717) is 30.3 Å². The van der Waals surface area contributed by atoms with Crippen LogP contribution in [-0.4, -0.2) is 28.4 Å². The first-order valence-corrected chi connectivity index (χ1v) is 10.6. The molecule has 9 nitrogen and oxygen atoms in total. The molecule has 1 aromatic carbocycles. The second-order valence-corrected chi connectivity index (χ2v) is 9.33. The van der Waals surface area contributed by atoms with Crippen LogP contribution < -0.4 is 16.2 Å². The van der Waals surface area contributed by atoms with Gasteiger partial charge in [-0.1, -0.05) is 32.9 Å². The van der Waals surface area contributed by atoms with Gasteiger partial charge in [0.05, 0.1) is 29.9 Å². The van der Waals surface area contributed by atoms with Crippen molar-refractivity contribution in [1.82, 2.24) is 9.63 Å². The van der Waals surface area contributed by atoms with Crippen molar-refractivity contribution in [3.05, 3.63) is 41.2 Å². The summed E-state index contributed by atoms with van der Waals surface area (Å²) in [5.41, 5.74) is 14.4. The second kappa shape index (κ2) is 7.88. The van der Waals surface area contributed by atoms with Gasteiger partial charge in [-0.2, -0.15) is 5.26 Å². The van der Waals surface area contributed by atoms with E-state index in [-0.39, 0.29) is 0 Å². The summed E-state index contributed by atoms with van der Waals surface area (Å²) in [6, 6.07) is 8.87. The summed E-state index contributed by atoms with van der Waals surface area (Å²) in [5.74, 6) is 0.690. The van der Waals surface area contributed by atoms with Crippen molar-refractivity contribution in [2.45, 2.75) is 52.1 Å². The molecule has 2 aromatic rings. The lowest BCUT2D eigenvalue weighted by Gasteiger charge is -2.42. The van der Waals surface area contributed by atoms with Crippen molar-refractivity contribution >= 4 is 12.2 Å². The number of hydrogen-bond acceptors (Lipinski definition) is 6. The SMILES string of the molecule is CC(C)(C)C1c2c(OC(N)=O)c(-c3ccc(C#N)cc3)c(C3CC3)n2CCN1OC(N)=O. The van der Waals surface area contributed by atoms with Gasteiger partial charge in [0.15, 0.2) is 5.75 Å². The molecule has 0 saturated heterocycles. The summed E-state index contributed by atoms with van der Waals surface area (Å²) >= 11 is 0. The third-order valence-electron chi connectivity index (χ3n) is 5.89. The fraction of sp³-hybridized carbons (Fsp3) is 0.435. The molecule has 0 spiro atoms. The monoisotopic (exact) mass is 437 g/mol. The molecule has 168 valence electrons. The number of hydroxylamine groups is 2. The van der Waals surface area contributed by atoms with Gasteiger partial charge in [-0.05, 0) is 36.0 Å². The van der Waals surface area contributed by atoms with Crippen LogP contribution in [0.3, 0.4) is 0 Å². The summed E-state index contributed by atoms with van der Waals surface area (Å²) in [4.78, 5) is 28.9. The molecule has 0 bridgehead atoms. The molecule has 4 rings (SSSR count). The Labute approximate surface area is 186 Å². The Morgan fingerprint density at radius 3 is 2.22 bits per heavy atom. The molecule has 1 fully saturated rings. The molecule has 1 atom stereocenters. The highest BCUT2D eigenvalue weighted by Crippen LogP contribution is 2.55. The lowest BCUT2D eigenvalue weighted by Crippen LogP contribution is -2.46. The first-order valence-electron chi connectivity index (χ1n) is 10.6. The lowest BCUT2D eigenvalue weighted by molar-refractivity contribution is -0.168. The van der Waals surface area contributed by atoms with E-state index in [9.17, 15) is 14.9 Å². The molecule has 1 saturated carbocycles. The van der Waals surface area contributed by atoms with Gasteiger partial charge in [0.1, 0.15) is 0 Å². The number of aromatic nitrogens is 1. The van der Waals surface area contributed by atoms with Crippen LogP contribution in [0.2, 0.25) is 0 Å². The van der Waals surface area contributed by atoms with E-state index >= 15 is 0 Å². The fourth-order valence-electron chi connectivity index (χ4n) is 4.64. The van der Waals surface area contributed by atoms with Crippen LogP contribution in [0.15, 0.2) is 24.3 Å². The van der Waals surface area contributed by atoms with E-state index in [4.69, 9.17) is 21.0 Å². The first kappa shape index (κ1) is 21.7. The van der Waals surface area contributed by atoms with Crippen molar-refractivity contribution in [2.75, 3.05) is 6.54 Å². The highest BCUT2D eigenvalue weighted by atomic mass is 16.7. The molecular weight excluding hydrogens is 410 g/mol. The Balaban J connectivity index is 1.99. The Bertz CT molecular complexity index is 1100. The average Bonchev–Trinajstić information content (AvgIpc) is 3.50. The maximum atomic E-state index is 12.0. The zero-order valence-electron chi connectivity index (χ0n) is 18.4. The molecule has 2 amide bonds. The third-order valence-corrected chi connectivity index (χ3v) is 5.89. The van der Waals surface area contributed by atoms with Crippen LogP contribution in [0.4, 0.5) is 9.59 Å². The van der Waals surface area contributed by atoms with Gasteiger partial charge in [-0.25, -0.2) is 9.59 Å². The third kappa shape index (κ3) is 3.89. The van der Waals surface area contributed by atoms with E-state index in [1.165, 1.54) is 0 Å². The maximum absolute atomic E-state index is 12.0. The molecule has 9 heteroatoms. The van der Waals surface area contributed by atoms with Crippen LogP contribution in [0.5, 0.6) is 5.75 Å². The molecule has 1 aliphatic carbocycles. The predicted octanol–water partition coefficient (Wildman–Crippen LogP) is 3.77. The van der Waals surface area contributed by atoms with Crippen LogP contribution in [-0.2, 0) is 11.4 Å². The Kier molecular flexibility index (Phi) is 5.34. The van der Waals surface area contributed by atoms with Crippen molar-refractivity contribution in [3.8, 4) is 22.9 Å². The number of nitriles is 1. The number of rotatable bonds is 4. The number of nitrogens with two attached hydrogens (primary N) is 2. The van der Waals surface area contributed by atoms with Gasteiger partial charge in [-0.3, -0.25) is 0 Å². The summed E-state index contributed by atoms with van der Waals surface area (Å²) in [6.45, 7) is 7.03. The fourth-order valence-corrected chi connectivity index (χ4v) is 4.64. The van der Waals surface area contributed by atoms with Gasteiger partial charge in [0.25, 0.3) is 0 Å². The van der Waals surface area contributed by atoms with Gasteiger partial charge < -0.3 is 25.6 Å². The van der Waals surface area contributed by atoms with E-state index < -0.39 is 23.6 Å². The number of primary amides is 2. The van der Waals surface area contributed by atoms with Crippen LogP contribution in [0, 0.1) is 16.7 Å². The zero-order chi connectivity index (χ0) is 23.2. The van der Waals surface area contributed by atoms with Crippen molar-refractivity contribution < 1.29 is 19.2 Å². The van der Waals surface area contributed by atoms with Crippen molar-refractivity contribution in [1.29, 1.82) is 5.26 Å². The lowest BCUT2D eigenvalue weighted by atomic mass is 9.83. The zero-order valence-corrected chi connectivity index (χ0v) is 18.4. The number of carbonyl (C=O) groups is 2. The minimum Gasteiger partial charge on any atom is -0.408 e. The van der Waals surface area contributed by atoms with Crippen LogP contribution in [0.25, 0.3) is 11.1 Å². The quantitative estimate of drug-likeness (QED) is 0.747. The van der Waals surface area contributed by atoms with Crippen LogP contribution >= 0.6 is 0 Å². The predicted molar refractivity (Wildman–Crippen MR) is 116 cm³/mol. The first-order chi connectivity index (χ1) is 15.1. The largest absolute Gasteiger partial charge is 0.423 e. The summed E-state index contributed by atoms with van der Waals surface area (Å²) in [6.07, 6.45) is 0.247. The molecule has 0 radical (unpaired) electrons. The van der Waals surface area contributed by atoms with E-state index in [2.05, 4.69) is 10.6 Å². The highest BCUT2D eigenvalue weighted by molar-refractivity contribution is 5.81. The number of nitrogens with zero attached hydrogens (tertiary/aromatic N) is 3. The maximum Gasteiger partial charge on any atom is 0.423 e. The minimum atomic E-state index is -0.920. The molecular formula is C23H27N5O4. The summed E-state index contributed by atoms with van der Waals surface area (Å²) in [5, 5.41) is 10.7. The molecule has 2 aliphatic rings. The van der Waals surface area contributed by atoms with Gasteiger partial charge in [0, 0.05) is 23.7 Å². The highest BCUT2D eigenvalue weighted by Gasteiger charge is 2.46. The van der Waals surface area contributed by atoms with Crippen molar-refractivity contribution in [3.63, 3.8) is 0 Å². The van der Waals surface area contributed by atoms with E-state index in [1.807, 2.05) is 32.9 Å². The Hall–Kier alpha value is -3.51. The van der Waals surface area contributed by atoms with Gasteiger partial charge >= 0.3 is 12.2 Å². The van der Waals surface area contributed by atoms with Gasteiger partial charge in [0.2, 0.25) is 0 Å². The molecule has 32 heavy (non-hydrogen) atoms. The standard InChI is InChI=1S/C23H27N5O4/c1-23(2,3)20-18-19(31-21(25)29)16(14-6-4-13(12-24)5-7-14)17(15-8-9-15)27(18)10-11-28(20)32-22(26)30/h4-7,15,20H,8-11H2,1-3H3,(H2,25,29)(H2,26,30). The number of fused-ring (bicyclic) bond motifs is 1. The van der Waals surface area contributed by atoms with E-state index in [0.717, 1.165) is 35.4 Å². The smallest absolute Gasteiger partial charge is 0.408 e. The number of ether oxygens (including phenoxy) is 1. The summed E-state index contributed by atoms with van der Waals surface area (Å²) < 4.78 is 7.83. The molecule has 1 aliphatic heterocycles. The number of benzene rings is 1. The van der Waals surface area contributed by atoms with Crippen molar-refractivity contribution in [2.24, 2.45) is 16.9 Å². The Morgan fingerprint density at radius 1 is 1.06 bits per heavy atom. The Morgan fingerprint density at radius 2 is 1.72 bits per heavy atom. The molecule has 2 heterocycles. The van der Waals surface area contributed by atoms with Crippen LogP contribution in [0.1, 0.15) is 62.5 Å². The normalized spacial score (nSPS) is 18.5. The molecule has 4 N–H and O–H groups in total. The number of carbonyl (C=O) groups excluding carboxylic acids is 2. The second-order valence-electron chi connectivity index (χ2n) is 9.33. The average molecular weight is 438 g/mol. The molecule has 1 aromatic heterocycles. The number of hydrogen-bond donors (Lipinski definition) is 2. The summed E-state index contributed by atoms with van der Waals surface area (Å²) in [7, 11) is 0. The molecule has 1 unspecified atom stereocenters.